The van der Waals surface area contributed by atoms with Crippen molar-refractivity contribution in [3.05, 3.63) is 66.0 Å². The van der Waals surface area contributed by atoms with Gasteiger partial charge in [-0.05, 0) is 30.7 Å². The predicted molar refractivity (Wildman–Crippen MR) is 80.7 cm³/mol. The molecule has 2 rings (SSSR count). The van der Waals surface area contributed by atoms with Crippen molar-refractivity contribution in [1.82, 2.24) is 0 Å². The number of carbonyl (C=O) groups is 2. The first-order valence-corrected chi connectivity index (χ1v) is 6.85. The molecule has 2 aromatic carbocycles. The number of esters is 1. The molecule has 2 aromatic rings. The van der Waals surface area contributed by atoms with Crippen LogP contribution in [0.1, 0.15) is 12.5 Å². The molecule has 0 saturated carbocycles. The van der Waals surface area contributed by atoms with Gasteiger partial charge >= 0.3 is 5.97 Å². The molecular weight excluding hydrogens is 285 g/mol. The van der Waals surface area contributed by atoms with Crippen LogP contribution in [-0.4, -0.2) is 18.0 Å². The molecule has 1 atom stereocenters. The lowest BCUT2D eigenvalue weighted by Crippen LogP contribution is -2.30. The highest BCUT2D eigenvalue weighted by atomic mass is 19.1. The first kappa shape index (κ1) is 15.7. The fraction of sp³-hybridized carbons (Fsp3) is 0.176. The third-order valence-corrected chi connectivity index (χ3v) is 3.01. The molecule has 0 aromatic heterocycles. The van der Waals surface area contributed by atoms with Gasteiger partial charge in [-0.15, -0.1) is 0 Å². The molecule has 22 heavy (non-hydrogen) atoms. The lowest BCUT2D eigenvalue weighted by atomic mass is 10.1. The summed E-state index contributed by atoms with van der Waals surface area (Å²) in [4.78, 5) is 23.7. The first-order chi connectivity index (χ1) is 10.6. The van der Waals surface area contributed by atoms with Gasteiger partial charge in [0.05, 0.1) is 6.42 Å². The van der Waals surface area contributed by atoms with Gasteiger partial charge in [0.2, 0.25) is 0 Å². The maximum absolute atomic E-state index is 13.4. The quantitative estimate of drug-likeness (QED) is 0.864. The number of amides is 1. The summed E-state index contributed by atoms with van der Waals surface area (Å²) in [5.41, 5.74) is 0.854. The second kappa shape index (κ2) is 7.36. The van der Waals surface area contributed by atoms with Crippen LogP contribution in [0.5, 0.6) is 0 Å². The molecule has 0 aliphatic heterocycles. The fourth-order valence-electron chi connectivity index (χ4n) is 1.85. The SMILES string of the molecule is CC(OC(=O)Cc1ccccc1F)C(=O)Nc1ccccc1. The van der Waals surface area contributed by atoms with E-state index in [4.69, 9.17) is 4.74 Å². The van der Waals surface area contributed by atoms with Crippen LogP contribution in [0.25, 0.3) is 0 Å². The van der Waals surface area contributed by atoms with E-state index in [-0.39, 0.29) is 12.0 Å². The Kier molecular flexibility index (Phi) is 5.25. The van der Waals surface area contributed by atoms with Crippen molar-refractivity contribution in [1.29, 1.82) is 0 Å². The van der Waals surface area contributed by atoms with Gasteiger partial charge in [-0.2, -0.15) is 0 Å². The van der Waals surface area contributed by atoms with E-state index in [1.54, 1.807) is 36.4 Å². The Labute approximate surface area is 127 Å². The van der Waals surface area contributed by atoms with Gasteiger partial charge in [-0.25, -0.2) is 4.39 Å². The van der Waals surface area contributed by atoms with Crippen molar-refractivity contribution in [3.8, 4) is 0 Å². The van der Waals surface area contributed by atoms with Crippen LogP contribution in [0.15, 0.2) is 54.6 Å². The lowest BCUT2D eigenvalue weighted by Gasteiger charge is -2.13. The molecule has 0 radical (unpaired) electrons. The molecule has 0 saturated heterocycles. The number of anilines is 1. The van der Waals surface area contributed by atoms with E-state index < -0.39 is 23.8 Å². The van der Waals surface area contributed by atoms with Crippen molar-refractivity contribution in [2.24, 2.45) is 0 Å². The van der Waals surface area contributed by atoms with Crippen molar-refractivity contribution in [2.75, 3.05) is 5.32 Å². The minimum absolute atomic E-state index is 0.213. The Morgan fingerprint density at radius 1 is 1.09 bits per heavy atom. The zero-order valence-corrected chi connectivity index (χ0v) is 12.1. The Bertz CT molecular complexity index is 658. The van der Waals surface area contributed by atoms with Crippen molar-refractivity contribution in [2.45, 2.75) is 19.4 Å². The average molecular weight is 301 g/mol. The molecule has 0 aliphatic rings. The van der Waals surface area contributed by atoms with Gasteiger partial charge in [0, 0.05) is 5.69 Å². The third-order valence-electron chi connectivity index (χ3n) is 3.01. The molecule has 1 unspecified atom stereocenters. The second-order valence-electron chi connectivity index (χ2n) is 4.76. The monoisotopic (exact) mass is 301 g/mol. The number of hydrogen-bond donors (Lipinski definition) is 1. The highest BCUT2D eigenvalue weighted by Gasteiger charge is 2.18. The van der Waals surface area contributed by atoms with Crippen LogP contribution >= 0.6 is 0 Å². The van der Waals surface area contributed by atoms with E-state index in [1.807, 2.05) is 6.07 Å². The molecule has 1 N–H and O–H groups in total. The molecule has 114 valence electrons. The predicted octanol–water partition coefficient (Wildman–Crippen LogP) is 2.94. The van der Waals surface area contributed by atoms with Crippen molar-refractivity contribution in [3.63, 3.8) is 0 Å². The molecular formula is C17H16FNO3. The lowest BCUT2D eigenvalue weighted by molar-refractivity contribution is -0.152. The van der Waals surface area contributed by atoms with Crippen LogP contribution in [0, 0.1) is 5.82 Å². The van der Waals surface area contributed by atoms with Crippen molar-refractivity contribution >= 4 is 17.6 Å². The van der Waals surface area contributed by atoms with Crippen molar-refractivity contribution < 1.29 is 18.7 Å². The Morgan fingerprint density at radius 2 is 1.73 bits per heavy atom. The number of carbonyl (C=O) groups excluding carboxylic acids is 2. The van der Waals surface area contributed by atoms with Crippen LogP contribution in [0.2, 0.25) is 0 Å². The summed E-state index contributed by atoms with van der Waals surface area (Å²) in [6.07, 6.45) is -1.17. The second-order valence-corrected chi connectivity index (χ2v) is 4.76. The first-order valence-electron chi connectivity index (χ1n) is 6.85. The largest absolute Gasteiger partial charge is 0.452 e. The zero-order chi connectivity index (χ0) is 15.9. The number of para-hydroxylation sites is 1. The van der Waals surface area contributed by atoms with Crippen LogP contribution in [0.3, 0.4) is 0 Å². The van der Waals surface area contributed by atoms with Gasteiger partial charge in [-0.1, -0.05) is 36.4 Å². The molecule has 5 heteroatoms. The smallest absolute Gasteiger partial charge is 0.311 e. The molecule has 4 nitrogen and oxygen atoms in total. The number of ether oxygens (including phenoxy) is 1. The molecule has 0 aliphatic carbocycles. The maximum Gasteiger partial charge on any atom is 0.311 e. The summed E-state index contributed by atoms with van der Waals surface area (Å²) in [6, 6.07) is 14.8. The van der Waals surface area contributed by atoms with Gasteiger partial charge < -0.3 is 10.1 Å². The third kappa shape index (κ3) is 4.41. The normalized spacial score (nSPS) is 11.5. The van der Waals surface area contributed by atoms with Crippen LogP contribution in [-0.2, 0) is 20.7 Å². The van der Waals surface area contributed by atoms with Gasteiger partial charge in [0.1, 0.15) is 5.82 Å². The summed E-state index contributed by atoms with van der Waals surface area (Å²) < 4.78 is 18.5. The highest BCUT2D eigenvalue weighted by Crippen LogP contribution is 2.10. The summed E-state index contributed by atoms with van der Waals surface area (Å²) in [5.74, 6) is -1.56. The topological polar surface area (TPSA) is 55.4 Å². The van der Waals surface area contributed by atoms with E-state index in [0.717, 1.165) is 0 Å². The van der Waals surface area contributed by atoms with Gasteiger partial charge in [0.15, 0.2) is 6.10 Å². The van der Waals surface area contributed by atoms with Gasteiger partial charge in [0.25, 0.3) is 5.91 Å². The molecule has 0 bridgehead atoms. The van der Waals surface area contributed by atoms with E-state index >= 15 is 0 Å². The number of benzene rings is 2. The maximum atomic E-state index is 13.4. The Morgan fingerprint density at radius 3 is 2.41 bits per heavy atom. The summed E-state index contributed by atoms with van der Waals surface area (Å²) in [7, 11) is 0. The standard InChI is InChI=1S/C17H16FNO3/c1-12(17(21)19-14-8-3-2-4-9-14)22-16(20)11-13-7-5-6-10-15(13)18/h2-10,12H,11H2,1H3,(H,19,21). The minimum atomic E-state index is -0.959. The number of hydrogen-bond acceptors (Lipinski definition) is 3. The van der Waals surface area contributed by atoms with E-state index in [9.17, 15) is 14.0 Å². The number of nitrogens with one attached hydrogen (secondary N) is 1. The number of rotatable bonds is 5. The Hall–Kier alpha value is -2.69. The molecule has 0 fully saturated rings. The van der Waals surface area contributed by atoms with E-state index in [2.05, 4.69) is 5.32 Å². The van der Waals surface area contributed by atoms with Crippen LogP contribution in [0.4, 0.5) is 10.1 Å². The molecule has 0 heterocycles. The summed E-state index contributed by atoms with van der Waals surface area (Å²) >= 11 is 0. The summed E-state index contributed by atoms with van der Waals surface area (Å²) in [6.45, 7) is 1.47. The molecule has 0 spiro atoms. The minimum Gasteiger partial charge on any atom is -0.452 e. The van der Waals surface area contributed by atoms with Gasteiger partial charge in [-0.3, -0.25) is 9.59 Å². The van der Waals surface area contributed by atoms with E-state index in [1.165, 1.54) is 19.1 Å². The number of halogens is 1. The van der Waals surface area contributed by atoms with E-state index in [0.29, 0.717) is 5.69 Å². The summed E-state index contributed by atoms with van der Waals surface area (Å²) in [5, 5.41) is 2.63. The van der Waals surface area contributed by atoms with Crippen LogP contribution < -0.4 is 5.32 Å². The zero-order valence-electron chi connectivity index (χ0n) is 12.1. The average Bonchev–Trinajstić information content (AvgIpc) is 2.50. The Balaban J connectivity index is 1.88. The highest BCUT2D eigenvalue weighted by molar-refractivity contribution is 5.95. The molecule has 1 amide bonds. The fourth-order valence-corrected chi connectivity index (χ4v) is 1.85.